The minimum absolute atomic E-state index is 0.0852. The van der Waals surface area contributed by atoms with Crippen LogP contribution in [0.15, 0.2) is 48.6 Å². The highest BCUT2D eigenvalue weighted by molar-refractivity contribution is 6.12. The summed E-state index contributed by atoms with van der Waals surface area (Å²) in [5.74, 6) is -9.21. The Kier molecular flexibility index (Phi) is 18.4. The lowest BCUT2D eigenvalue weighted by atomic mass is 10.2. The summed E-state index contributed by atoms with van der Waals surface area (Å²) >= 11 is 0. The number of ketones is 4. The maximum absolute atomic E-state index is 11.6. The number of alkyl halides is 1. The maximum Gasteiger partial charge on any atom is 0.356 e. The van der Waals surface area contributed by atoms with Gasteiger partial charge in [-0.1, -0.05) is 0 Å². The third kappa shape index (κ3) is 16.7. The average Bonchev–Trinajstić information content (AvgIpc) is 3.55. The number of rotatable bonds is 14. The molecule has 2 saturated heterocycles. The number of nitrogens with zero attached hydrogens (tertiary/aromatic N) is 2. The molecule has 0 aromatic carbocycles. The maximum atomic E-state index is 11.6. The van der Waals surface area contributed by atoms with E-state index in [1.54, 1.807) is 0 Å². The summed E-state index contributed by atoms with van der Waals surface area (Å²) in [6.07, 6.45) is 4.92. The first-order valence-corrected chi connectivity index (χ1v) is 13.1. The zero-order chi connectivity index (χ0) is 37.5. The molecule has 0 unspecified atom stereocenters. The number of hydrogen-bond donors (Lipinski definition) is 0. The standard InChI is InChI=1S/C17H14N2O10.C11H12O6.CH3F/c20-10(1-7-16(26)28-18-12(22)3-4-13(18)23)9-11(21)2-8-17(27)29-19-14(24)5-6-15(19)25;1-16-10(14)5-3-8(12)7-9(13)4-6-11(15)17-2;1-2/h1-2,7-8H,3-6,9H2;3-6H,7H2,1-2H3;1H3/b7-1+,8-2+;5-3+,6-4+;/i;;1D. The molecule has 0 spiro atoms. The summed E-state index contributed by atoms with van der Waals surface area (Å²) in [7, 11) is 1.34. The molecule has 2 aliphatic rings. The molecular formula is C29H29FN2O16. The van der Waals surface area contributed by atoms with Gasteiger partial charge in [-0.15, -0.1) is 10.1 Å². The van der Waals surface area contributed by atoms with Crippen LogP contribution in [0.1, 0.15) is 39.9 Å². The molecule has 0 atom stereocenters. The van der Waals surface area contributed by atoms with E-state index in [0.29, 0.717) is 34.4 Å². The third-order valence-corrected chi connectivity index (χ3v) is 5.09. The van der Waals surface area contributed by atoms with Gasteiger partial charge in [-0.2, -0.15) is 0 Å². The Balaban J connectivity index is 0.000000981. The molecule has 0 aromatic rings. The van der Waals surface area contributed by atoms with Crippen molar-refractivity contribution in [2.24, 2.45) is 0 Å². The van der Waals surface area contributed by atoms with Gasteiger partial charge in [-0.05, 0) is 24.3 Å². The highest BCUT2D eigenvalue weighted by Gasteiger charge is 2.33. The Morgan fingerprint density at radius 1 is 0.542 bits per heavy atom. The van der Waals surface area contributed by atoms with Crippen LogP contribution in [-0.4, -0.2) is 102 Å². The molecule has 258 valence electrons. The fourth-order valence-electron chi connectivity index (χ4n) is 2.92. The van der Waals surface area contributed by atoms with Crippen LogP contribution in [0.5, 0.6) is 0 Å². The summed E-state index contributed by atoms with van der Waals surface area (Å²) in [4.78, 5) is 144. The zero-order valence-corrected chi connectivity index (χ0v) is 25.4. The molecule has 18 nitrogen and oxygen atoms in total. The number of methoxy groups -OCH3 is 2. The smallest absolute Gasteiger partial charge is 0.356 e. The summed E-state index contributed by atoms with van der Waals surface area (Å²) in [6.45, 7) is 0. The first kappa shape index (κ1) is 39.8. The van der Waals surface area contributed by atoms with Crippen LogP contribution in [0.3, 0.4) is 0 Å². The Morgan fingerprint density at radius 3 is 1.00 bits per heavy atom. The third-order valence-electron chi connectivity index (χ3n) is 5.09. The minimum Gasteiger partial charge on any atom is -0.466 e. The number of carbonyl (C=O) groups excluding carboxylic acids is 12. The normalized spacial score (nSPS) is 14.4. The molecule has 2 aliphatic heterocycles. The first-order valence-electron chi connectivity index (χ1n) is 13.8. The predicted molar refractivity (Wildman–Crippen MR) is 151 cm³/mol. The van der Waals surface area contributed by atoms with E-state index in [-0.39, 0.29) is 25.7 Å². The molecule has 0 aromatic heterocycles. The summed E-state index contributed by atoms with van der Waals surface area (Å²) in [5, 5.41) is 0.596. The Bertz CT molecular complexity index is 1340. The van der Waals surface area contributed by atoms with E-state index >= 15 is 0 Å². The van der Waals surface area contributed by atoms with Gasteiger partial charge in [0, 0.05) is 50.0 Å². The fraction of sp³-hybridized carbons (Fsp3) is 0.310. The van der Waals surface area contributed by atoms with E-state index in [1.165, 1.54) is 14.2 Å². The van der Waals surface area contributed by atoms with Gasteiger partial charge in [0.15, 0.2) is 23.1 Å². The molecule has 0 saturated carbocycles. The second-order valence-corrected chi connectivity index (χ2v) is 8.58. The molecule has 48 heavy (non-hydrogen) atoms. The number of imide groups is 2. The van der Waals surface area contributed by atoms with Crippen molar-refractivity contribution in [1.29, 1.82) is 0 Å². The van der Waals surface area contributed by atoms with Crippen molar-refractivity contribution in [3.63, 3.8) is 0 Å². The van der Waals surface area contributed by atoms with Gasteiger partial charge in [-0.3, -0.25) is 42.7 Å². The molecule has 4 amide bonds. The molecule has 19 heteroatoms. The van der Waals surface area contributed by atoms with E-state index in [1.807, 2.05) is 0 Å². The topological polar surface area (TPSA) is 248 Å². The van der Waals surface area contributed by atoms with Crippen LogP contribution in [0, 0.1) is 0 Å². The van der Waals surface area contributed by atoms with Crippen LogP contribution < -0.4 is 0 Å². The number of halogens is 1. The predicted octanol–water partition coefficient (Wildman–Crippen LogP) is -0.600. The number of carbonyl (C=O) groups is 12. The van der Waals surface area contributed by atoms with Gasteiger partial charge in [-0.25, -0.2) is 19.2 Å². The monoisotopic (exact) mass is 681 g/mol. The second kappa shape index (κ2) is 22.3. The number of esters is 2. The molecule has 0 bridgehead atoms. The molecule has 0 radical (unpaired) electrons. The van der Waals surface area contributed by atoms with Gasteiger partial charge in [0.25, 0.3) is 23.6 Å². The van der Waals surface area contributed by atoms with E-state index in [2.05, 4.69) is 19.1 Å². The number of ether oxygens (including phenoxy) is 2. The van der Waals surface area contributed by atoms with E-state index in [0.717, 1.165) is 24.3 Å². The molecule has 0 N–H and O–H groups in total. The molecule has 0 aliphatic carbocycles. The van der Waals surface area contributed by atoms with E-state index in [4.69, 9.17) is 1.37 Å². The van der Waals surface area contributed by atoms with Crippen LogP contribution in [0.2, 0.25) is 0 Å². The highest BCUT2D eigenvalue weighted by Crippen LogP contribution is 2.13. The molecular weight excluding hydrogens is 651 g/mol. The molecule has 2 heterocycles. The Hall–Kier alpha value is -6.27. The lowest BCUT2D eigenvalue weighted by Gasteiger charge is -2.10. The van der Waals surface area contributed by atoms with Gasteiger partial charge in [0.1, 0.15) is 0 Å². The second-order valence-electron chi connectivity index (χ2n) is 8.58. The van der Waals surface area contributed by atoms with Gasteiger partial charge >= 0.3 is 23.9 Å². The van der Waals surface area contributed by atoms with Crippen molar-refractivity contribution in [1.82, 2.24) is 10.1 Å². The average molecular weight is 682 g/mol. The molecule has 2 rings (SSSR count). The minimum atomic E-state index is -1.16. The molecule has 2 fully saturated rings. The van der Waals surface area contributed by atoms with Crippen LogP contribution in [0.4, 0.5) is 4.39 Å². The van der Waals surface area contributed by atoms with Crippen molar-refractivity contribution < 1.29 is 82.4 Å². The van der Waals surface area contributed by atoms with E-state index in [9.17, 15) is 61.9 Å². The summed E-state index contributed by atoms with van der Waals surface area (Å²) in [6, 6.07) is 0. The van der Waals surface area contributed by atoms with Crippen molar-refractivity contribution in [3.8, 4) is 0 Å². The van der Waals surface area contributed by atoms with Crippen molar-refractivity contribution in [3.05, 3.63) is 48.6 Å². The summed E-state index contributed by atoms with van der Waals surface area (Å²) < 4.78 is 24.0. The number of amides is 4. The van der Waals surface area contributed by atoms with Gasteiger partial charge in [0.05, 0.1) is 35.6 Å². The zero-order valence-electron chi connectivity index (χ0n) is 26.4. The number of allylic oxidation sites excluding steroid dienone is 4. The lowest BCUT2D eigenvalue weighted by molar-refractivity contribution is -0.193. The fourth-order valence-corrected chi connectivity index (χ4v) is 2.92. The SMILES string of the molecule is COC(=O)/C=C/C(=O)CC(=O)/C=C/C(=O)OC.O=C(/C=C/C(=O)ON1C(=O)CCC1=O)CC(=O)/C=C/C(=O)ON1C(=O)CCC1=O.[2H]CF. The van der Waals surface area contributed by atoms with Crippen molar-refractivity contribution in [2.75, 3.05) is 21.4 Å². The first-order chi connectivity index (χ1) is 23.1. The quantitative estimate of drug-likeness (QED) is 0.0960. The number of hydroxylamine groups is 4. The van der Waals surface area contributed by atoms with Crippen LogP contribution in [-0.2, 0) is 76.7 Å². The van der Waals surface area contributed by atoms with E-state index < -0.39 is 90.6 Å². The highest BCUT2D eigenvalue weighted by atomic mass is 19.1. The lowest BCUT2D eigenvalue weighted by Crippen LogP contribution is -2.31. The Morgan fingerprint density at radius 2 is 0.771 bits per heavy atom. The van der Waals surface area contributed by atoms with Crippen LogP contribution in [0.25, 0.3) is 0 Å². The van der Waals surface area contributed by atoms with Gasteiger partial charge in [0.2, 0.25) is 0 Å². The summed E-state index contributed by atoms with van der Waals surface area (Å²) in [5.41, 5.74) is 0. The van der Waals surface area contributed by atoms with Crippen LogP contribution >= 0.6 is 0 Å². The Labute approximate surface area is 272 Å². The number of hydrogen-bond acceptors (Lipinski definition) is 16. The largest absolute Gasteiger partial charge is 0.466 e. The van der Waals surface area contributed by atoms with Crippen molar-refractivity contribution >= 4 is 70.6 Å². The van der Waals surface area contributed by atoms with Crippen molar-refractivity contribution in [2.45, 2.75) is 38.5 Å². The van der Waals surface area contributed by atoms with Gasteiger partial charge < -0.3 is 19.1 Å².